The van der Waals surface area contributed by atoms with Gasteiger partial charge in [0.05, 0.1) is 16.1 Å². The van der Waals surface area contributed by atoms with Crippen LogP contribution in [-0.2, 0) is 22.6 Å². The fraction of sp³-hybridized carbons (Fsp3) is 0.310. The van der Waals surface area contributed by atoms with E-state index in [9.17, 15) is 21.6 Å². The van der Waals surface area contributed by atoms with Gasteiger partial charge in [0, 0.05) is 23.3 Å². The van der Waals surface area contributed by atoms with Gasteiger partial charge in [-0.05, 0) is 72.4 Å². The number of nitrogens with zero attached hydrogens (tertiary/aromatic N) is 2. The number of aryl methyl sites for hydroxylation is 1. The number of halogens is 4. The van der Waals surface area contributed by atoms with Crippen LogP contribution in [0.3, 0.4) is 0 Å². The average Bonchev–Trinajstić information content (AvgIpc) is 2.92. The van der Waals surface area contributed by atoms with Crippen molar-refractivity contribution >= 4 is 44.2 Å². The Morgan fingerprint density at radius 3 is 2.48 bits per heavy atom. The minimum atomic E-state index is -4.74. The summed E-state index contributed by atoms with van der Waals surface area (Å²) in [6.45, 7) is 1.92. The van der Waals surface area contributed by atoms with Crippen LogP contribution in [0.1, 0.15) is 50.2 Å². The second kappa shape index (κ2) is 11.2. The van der Waals surface area contributed by atoms with E-state index in [1.807, 2.05) is 6.92 Å². The molecule has 210 valence electrons. The maximum absolute atomic E-state index is 14.3. The molecule has 0 atom stereocenters. The molecule has 0 aliphatic heterocycles. The third kappa shape index (κ3) is 6.02. The van der Waals surface area contributed by atoms with Gasteiger partial charge >= 0.3 is 6.18 Å². The first-order chi connectivity index (χ1) is 19.0. The van der Waals surface area contributed by atoms with E-state index in [-0.39, 0.29) is 21.2 Å². The Morgan fingerprint density at radius 2 is 1.77 bits per heavy atom. The summed E-state index contributed by atoms with van der Waals surface area (Å²) in [5.74, 6) is 0.521. The number of anilines is 2. The van der Waals surface area contributed by atoms with E-state index in [1.165, 1.54) is 36.8 Å². The summed E-state index contributed by atoms with van der Waals surface area (Å²) in [4.78, 5) is 8.92. The van der Waals surface area contributed by atoms with Crippen molar-refractivity contribution in [3.8, 4) is 11.1 Å². The summed E-state index contributed by atoms with van der Waals surface area (Å²) >= 11 is 6.01. The van der Waals surface area contributed by atoms with Crippen LogP contribution >= 0.6 is 11.6 Å². The lowest BCUT2D eigenvalue weighted by molar-refractivity contribution is -0.137. The van der Waals surface area contributed by atoms with Gasteiger partial charge in [-0.2, -0.15) is 13.2 Å². The lowest BCUT2D eigenvalue weighted by Gasteiger charge is -2.23. The number of fused-ring (bicyclic) bond motifs is 1. The normalized spacial score (nSPS) is 14.8. The van der Waals surface area contributed by atoms with E-state index in [0.29, 0.717) is 34.9 Å². The molecule has 1 aliphatic carbocycles. The molecule has 1 aliphatic rings. The second-order valence-corrected chi connectivity index (χ2v) is 12.0. The molecule has 6 nitrogen and oxygen atoms in total. The van der Waals surface area contributed by atoms with Crippen molar-refractivity contribution in [2.45, 2.75) is 62.6 Å². The summed E-state index contributed by atoms with van der Waals surface area (Å²) in [5, 5.41) is 3.99. The summed E-state index contributed by atoms with van der Waals surface area (Å²) in [5.41, 5.74) is 0.553. The molecule has 3 aromatic carbocycles. The molecule has 11 heteroatoms. The van der Waals surface area contributed by atoms with Gasteiger partial charge in [0.2, 0.25) is 5.95 Å². The van der Waals surface area contributed by atoms with E-state index in [4.69, 9.17) is 16.6 Å². The van der Waals surface area contributed by atoms with Gasteiger partial charge in [0.15, 0.2) is 0 Å². The number of sulfonamides is 1. The number of benzene rings is 3. The van der Waals surface area contributed by atoms with Crippen molar-refractivity contribution in [1.29, 1.82) is 0 Å². The lowest BCUT2D eigenvalue weighted by Crippen LogP contribution is -2.23. The topological polar surface area (TPSA) is 84.0 Å². The zero-order valence-corrected chi connectivity index (χ0v) is 23.3. The SMILES string of the molecule is CCc1cc(-c2ccc(NS(=O)(=O)c3ccccc3Cl)cc2C(F)(F)F)cc2cnc(NC3CCCCC3)nc12. The standard InChI is InChI=1S/C29H28ClF3N4O2S/c1-2-18-14-19(15-20-17-34-28(36-27(18)20)35-21-8-4-3-5-9-21)23-13-12-22(16-24(23)29(31,32)33)37-40(38,39)26-11-7-6-10-25(26)30/h6-7,10-17,21,37H,2-5,8-9H2,1H3,(H,34,35,36). The van der Waals surface area contributed by atoms with Crippen LogP contribution < -0.4 is 10.0 Å². The molecule has 1 saturated carbocycles. The molecule has 1 fully saturated rings. The van der Waals surface area contributed by atoms with Crippen molar-refractivity contribution in [3.63, 3.8) is 0 Å². The quantitative estimate of drug-likeness (QED) is 0.228. The fourth-order valence-electron chi connectivity index (χ4n) is 5.11. The van der Waals surface area contributed by atoms with Crippen LogP contribution in [0.15, 0.2) is 65.7 Å². The first-order valence-electron chi connectivity index (χ1n) is 13.1. The van der Waals surface area contributed by atoms with Gasteiger partial charge in [0.25, 0.3) is 10.0 Å². The predicted molar refractivity (Wildman–Crippen MR) is 152 cm³/mol. The van der Waals surface area contributed by atoms with Gasteiger partial charge in [0.1, 0.15) is 4.90 Å². The van der Waals surface area contributed by atoms with Crippen molar-refractivity contribution in [3.05, 3.63) is 76.9 Å². The highest BCUT2D eigenvalue weighted by Gasteiger charge is 2.34. The molecule has 4 aromatic rings. The van der Waals surface area contributed by atoms with Crippen molar-refractivity contribution in [2.75, 3.05) is 10.0 Å². The number of rotatable bonds is 7. The highest BCUT2D eigenvalue weighted by molar-refractivity contribution is 7.92. The van der Waals surface area contributed by atoms with Gasteiger partial charge < -0.3 is 5.32 Å². The summed E-state index contributed by atoms with van der Waals surface area (Å²) in [6.07, 6.45) is 3.13. The molecule has 1 aromatic heterocycles. The molecular weight excluding hydrogens is 561 g/mol. The van der Waals surface area contributed by atoms with Crippen LogP contribution in [-0.4, -0.2) is 24.4 Å². The number of alkyl halides is 3. The zero-order valence-electron chi connectivity index (χ0n) is 21.7. The van der Waals surface area contributed by atoms with Crippen LogP contribution in [0.25, 0.3) is 22.0 Å². The van der Waals surface area contributed by atoms with E-state index in [1.54, 1.807) is 24.4 Å². The number of nitrogens with one attached hydrogen (secondary N) is 2. The number of hydrogen-bond acceptors (Lipinski definition) is 5. The smallest absolute Gasteiger partial charge is 0.351 e. The van der Waals surface area contributed by atoms with Gasteiger partial charge in [-0.25, -0.2) is 18.4 Å². The highest BCUT2D eigenvalue weighted by atomic mass is 35.5. The highest BCUT2D eigenvalue weighted by Crippen LogP contribution is 2.40. The fourth-order valence-corrected chi connectivity index (χ4v) is 6.68. The molecule has 0 bridgehead atoms. The maximum atomic E-state index is 14.3. The van der Waals surface area contributed by atoms with Crippen LogP contribution in [0.5, 0.6) is 0 Å². The molecule has 1 heterocycles. The monoisotopic (exact) mass is 588 g/mol. The van der Waals surface area contributed by atoms with E-state index in [2.05, 4.69) is 15.0 Å². The zero-order chi connectivity index (χ0) is 28.5. The van der Waals surface area contributed by atoms with Crippen LogP contribution in [0.4, 0.5) is 24.8 Å². The Bertz CT molecular complexity index is 1660. The molecule has 0 unspecified atom stereocenters. The number of aromatic nitrogens is 2. The maximum Gasteiger partial charge on any atom is 0.417 e. The summed E-state index contributed by atoms with van der Waals surface area (Å²) in [7, 11) is -4.21. The Morgan fingerprint density at radius 1 is 1.02 bits per heavy atom. The molecule has 40 heavy (non-hydrogen) atoms. The second-order valence-electron chi connectivity index (χ2n) is 9.89. The third-order valence-corrected chi connectivity index (χ3v) is 8.98. The van der Waals surface area contributed by atoms with E-state index < -0.39 is 21.8 Å². The molecule has 5 rings (SSSR count). The van der Waals surface area contributed by atoms with E-state index >= 15 is 0 Å². The number of hydrogen-bond donors (Lipinski definition) is 2. The first-order valence-corrected chi connectivity index (χ1v) is 15.0. The van der Waals surface area contributed by atoms with Crippen molar-refractivity contribution in [2.24, 2.45) is 0 Å². The first kappa shape index (κ1) is 28.2. The van der Waals surface area contributed by atoms with Crippen LogP contribution in [0.2, 0.25) is 5.02 Å². The third-order valence-electron chi connectivity index (χ3n) is 7.10. The predicted octanol–water partition coefficient (Wildman–Crippen LogP) is 8.08. The largest absolute Gasteiger partial charge is 0.417 e. The molecule has 0 amide bonds. The molecule has 0 spiro atoms. The van der Waals surface area contributed by atoms with Crippen molar-refractivity contribution < 1.29 is 21.6 Å². The van der Waals surface area contributed by atoms with E-state index in [0.717, 1.165) is 37.3 Å². The van der Waals surface area contributed by atoms with Gasteiger partial charge in [-0.1, -0.05) is 56.0 Å². The minimum Gasteiger partial charge on any atom is -0.351 e. The molecule has 2 N–H and O–H groups in total. The lowest BCUT2D eigenvalue weighted by atomic mass is 9.94. The Labute approximate surface area is 236 Å². The Hall–Kier alpha value is -3.37. The summed E-state index contributed by atoms with van der Waals surface area (Å²) in [6, 6.07) is 12.8. The molecule has 0 radical (unpaired) electrons. The molecular formula is C29H28ClF3N4O2S. The average molecular weight is 589 g/mol. The van der Waals surface area contributed by atoms with Crippen molar-refractivity contribution in [1.82, 2.24) is 9.97 Å². The molecule has 0 saturated heterocycles. The summed E-state index contributed by atoms with van der Waals surface area (Å²) < 4.78 is 70.7. The van der Waals surface area contributed by atoms with Gasteiger partial charge in [-0.3, -0.25) is 4.72 Å². The Balaban J connectivity index is 1.52. The van der Waals surface area contributed by atoms with Gasteiger partial charge in [-0.15, -0.1) is 0 Å². The minimum absolute atomic E-state index is 0.0368. The van der Waals surface area contributed by atoms with Crippen LogP contribution in [0, 0.1) is 0 Å². The Kier molecular flexibility index (Phi) is 7.92.